The fourth-order valence-electron chi connectivity index (χ4n) is 3.34. The largest absolute Gasteiger partial charge is 0.389 e. The zero-order valence-corrected chi connectivity index (χ0v) is 12.9. The summed E-state index contributed by atoms with van der Waals surface area (Å²) in [5.41, 5.74) is 0.562. The molecule has 0 aromatic carbocycles. The Kier molecular flexibility index (Phi) is 5.22. The lowest BCUT2D eigenvalue weighted by molar-refractivity contribution is -0.132. The molecule has 0 spiro atoms. The van der Waals surface area contributed by atoms with Gasteiger partial charge in [-0.15, -0.1) is 0 Å². The third-order valence-electron chi connectivity index (χ3n) is 4.34. The van der Waals surface area contributed by atoms with E-state index in [2.05, 4.69) is 11.0 Å². The first-order valence-electron chi connectivity index (χ1n) is 7.96. The molecule has 2 rings (SSSR count). The Morgan fingerprint density at radius 2 is 2.25 bits per heavy atom. The van der Waals surface area contributed by atoms with Gasteiger partial charge in [-0.1, -0.05) is 6.08 Å². The van der Waals surface area contributed by atoms with Crippen LogP contribution in [0.15, 0.2) is 11.8 Å². The molecule has 1 amide bonds. The SMILES string of the molecule is CCN(C(=O)CN1CCCC(C)(O)C1)C1=CCCCC1. The van der Waals surface area contributed by atoms with Gasteiger partial charge in [0.2, 0.25) is 5.91 Å². The van der Waals surface area contributed by atoms with E-state index >= 15 is 0 Å². The van der Waals surface area contributed by atoms with E-state index in [1.807, 2.05) is 18.7 Å². The molecule has 0 aromatic rings. The summed E-state index contributed by atoms with van der Waals surface area (Å²) in [5, 5.41) is 10.1. The van der Waals surface area contributed by atoms with Gasteiger partial charge in [0.15, 0.2) is 0 Å². The highest BCUT2D eigenvalue weighted by molar-refractivity contribution is 5.80. The monoisotopic (exact) mass is 280 g/mol. The number of carbonyl (C=O) groups is 1. The van der Waals surface area contributed by atoms with Crippen LogP contribution in [-0.4, -0.2) is 52.6 Å². The van der Waals surface area contributed by atoms with Gasteiger partial charge in [-0.3, -0.25) is 9.69 Å². The molecule has 0 bridgehead atoms. The summed E-state index contributed by atoms with van der Waals surface area (Å²) in [7, 11) is 0. The number of allylic oxidation sites excluding steroid dienone is 2. The number of aliphatic hydroxyl groups is 1. The molecule has 4 nitrogen and oxygen atoms in total. The molecule has 0 aromatic heterocycles. The van der Waals surface area contributed by atoms with E-state index < -0.39 is 5.60 Å². The summed E-state index contributed by atoms with van der Waals surface area (Å²) in [6, 6.07) is 0. The molecular weight excluding hydrogens is 252 g/mol. The van der Waals surface area contributed by atoms with Gasteiger partial charge in [0.05, 0.1) is 12.1 Å². The van der Waals surface area contributed by atoms with Crippen molar-refractivity contribution in [3.05, 3.63) is 11.8 Å². The lowest BCUT2D eigenvalue weighted by Crippen LogP contribution is -2.49. The van der Waals surface area contributed by atoms with Crippen molar-refractivity contribution < 1.29 is 9.90 Å². The molecule has 0 saturated carbocycles. The Morgan fingerprint density at radius 3 is 2.85 bits per heavy atom. The van der Waals surface area contributed by atoms with Crippen LogP contribution in [0, 0.1) is 0 Å². The lowest BCUT2D eigenvalue weighted by atomic mass is 9.95. The number of β-amino-alcohol motifs (C(OH)–C–C–N with tert-alkyl or cyclic N) is 1. The van der Waals surface area contributed by atoms with Crippen LogP contribution in [0.5, 0.6) is 0 Å². The first-order valence-corrected chi connectivity index (χ1v) is 7.96. The molecule has 1 N–H and O–H groups in total. The summed E-state index contributed by atoms with van der Waals surface area (Å²) in [5.74, 6) is 0.179. The van der Waals surface area contributed by atoms with Crippen molar-refractivity contribution in [3.63, 3.8) is 0 Å². The summed E-state index contributed by atoms with van der Waals surface area (Å²) >= 11 is 0. The highest BCUT2D eigenvalue weighted by atomic mass is 16.3. The number of hydrogen-bond donors (Lipinski definition) is 1. The minimum absolute atomic E-state index is 0.179. The van der Waals surface area contributed by atoms with Crippen LogP contribution in [0.1, 0.15) is 52.4 Å². The summed E-state index contributed by atoms with van der Waals surface area (Å²) in [6.45, 7) is 6.61. The predicted octanol–water partition coefficient (Wildman–Crippen LogP) is 2.14. The molecule has 1 aliphatic heterocycles. The maximum Gasteiger partial charge on any atom is 0.240 e. The fourth-order valence-corrected chi connectivity index (χ4v) is 3.34. The quantitative estimate of drug-likeness (QED) is 0.858. The third kappa shape index (κ3) is 4.06. The molecule has 4 heteroatoms. The topological polar surface area (TPSA) is 43.8 Å². The highest BCUT2D eigenvalue weighted by Crippen LogP contribution is 2.23. The van der Waals surface area contributed by atoms with Crippen LogP contribution in [0.2, 0.25) is 0 Å². The fraction of sp³-hybridized carbons (Fsp3) is 0.812. The van der Waals surface area contributed by atoms with Crippen molar-refractivity contribution in [3.8, 4) is 0 Å². The van der Waals surface area contributed by atoms with E-state index in [4.69, 9.17) is 0 Å². The molecule has 114 valence electrons. The summed E-state index contributed by atoms with van der Waals surface area (Å²) in [4.78, 5) is 16.5. The second-order valence-electron chi connectivity index (χ2n) is 6.39. The summed E-state index contributed by atoms with van der Waals surface area (Å²) < 4.78 is 0. The van der Waals surface area contributed by atoms with E-state index in [-0.39, 0.29) is 5.91 Å². The normalized spacial score (nSPS) is 28.1. The molecular formula is C16H28N2O2. The van der Waals surface area contributed by atoms with E-state index in [1.54, 1.807) is 0 Å². The number of hydrogen-bond acceptors (Lipinski definition) is 3. The van der Waals surface area contributed by atoms with Crippen LogP contribution in [0.3, 0.4) is 0 Å². The average Bonchev–Trinajstić information content (AvgIpc) is 2.39. The van der Waals surface area contributed by atoms with Crippen LogP contribution in [0.4, 0.5) is 0 Å². The van der Waals surface area contributed by atoms with Crippen molar-refractivity contribution in [1.82, 2.24) is 9.80 Å². The van der Waals surface area contributed by atoms with Crippen molar-refractivity contribution in [2.75, 3.05) is 26.2 Å². The Bertz CT molecular complexity index is 377. The molecule has 0 radical (unpaired) electrons. The molecule has 2 aliphatic rings. The van der Waals surface area contributed by atoms with Crippen LogP contribution in [0.25, 0.3) is 0 Å². The Hall–Kier alpha value is -0.870. The Labute approximate surface area is 122 Å². The van der Waals surface area contributed by atoms with Crippen molar-refractivity contribution >= 4 is 5.91 Å². The molecule has 1 saturated heterocycles. The number of likely N-dealkylation sites (tertiary alicyclic amines) is 1. The highest BCUT2D eigenvalue weighted by Gasteiger charge is 2.30. The number of piperidine rings is 1. The van der Waals surface area contributed by atoms with Gasteiger partial charge in [-0.05, 0) is 58.9 Å². The first-order chi connectivity index (χ1) is 9.52. The second kappa shape index (κ2) is 6.72. The van der Waals surface area contributed by atoms with Gasteiger partial charge in [-0.2, -0.15) is 0 Å². The Balaban J connectivity index is 1.93. The smallest absolute Gasteiger partial charge is 0.240 e. The van der Waals surface area contributed by atoms with Gasteiger partial charge in [0.1, 0.15) is 0 Å². The van der Waals surface area contributed by atoms with Gasteiger partial charge in [-0.25, -0.2) is 0 Å². The van der Waals surface area contributed by atoms with E-state index in [0.717, 1.165) is 38.8 Å². The zero-order chi connectivity index (χ0) is 14.6. The Morgan fingerprint density at radius 1 is 1.45 bits per heavy atom. The van der Waals surface area contributed by atoms with Gasteiger partial charge >= 0.3 is 0 Å². The van der Waals surface area contributed by atoms with Crippen LogP contribution in [-0.2, 0) is 4.79 Å². The number of rotatable bonds is 4. The maximum atomic E-state index is 12.5. The molecule has 1 unspecified atom stereocenters. The van der Waals surface area contributed by atoms with E-state index in [9.17, 15) is 9.90 Å². The molecule has 1 fully saturated rings. The van der Waals surface area contributed by atoms with Crippen molar-refractivity contribution in [2.24, 2.45) is 0 Å². The third-order valence-corrected chi connectivity index (χ3v) is 4.34. The van der Waals surface area contributed by atoms with Crippen molar-refractivity contribution in [1.29, 1.82) is 0 Å². The van der Waals surface area contributed by atoms with Gasteiger partial charge < -0.3 is 10.0 Å². The van der Waals surface area contributed by atoms with Gasteiger partial charge in [0.25, 0.3) is 0 Å². The van der Waals surface area contributed by atoms with Crippen LogP contribution < -0.4 is 0 Å². The maximum absolute atomic E-state index is 12.5. The number of likely N-dealkylation sites (N-methyl/N-ethyl adjacent to an activating group) is 1. The number of amides is 1. The second-order valence-corrected chi connectivity index (χ2v) is 6.39. The minimum atomic E-state index is -0.639. The molecule has 20 heavy (non-hydrogen) atoms. The number of carbonyl (C=O) groups excluding carboxylic acids is 1. The van der Waals surface area contributed by atoms with Gasteiger partial charge in [0, 0.05) is 18.8 Å². The minimum Gasteiger partial charge on any atom is -0.389 e. The number of nitrogens with zero attached hydrogens (tertiary/aromatic N) is 2. The predicted molar refractivity (Wildman–Crippen MR) is 80.2 cm³/mol. The lowest BCUT2D eigenvalue weighted by Gasteiger charge is -2.37. The zero-order valence-electron chi connectivity index (χ0n) is 12.9. The van der Waals surface area contributed by atoms with Crippen molar-refractivity contribution in [2.45, 2.75) is 58.0 Å². The molecule has 1 heterocycles. The standard InChI is InChI=1S/C16H28N2O2/c1-3-18(14-8-5-4-6-9-14)15(19)12-17-11-7-10-16(2,20)13-17/h8,20H,3-7,9-13H2,1-2H3. The van der Waals surface area contributed by atoms with Crippen LogP contribution >= 0.6 is 0 Å². The molecule has 1 aliphatic carbocycles. The molecule has 1 atom stereocenters. The van der Waals surface area contributed by atoms with E-state index in [0.29, 0.717) is 13.1 Å². The first kappa shape index (κ1) is 15.5. The van der Waals surface area contributed by atoms with E-state index in [1.165, 1.54) is 18.5 Å². The summed E-state index contributed by atoms with van der Waals surface area (Å²) in [6.07, 6.45) is 8.57. The average molecular weight is 280 g/mol.